The minimum atomic E-state index is -4.55. The molecule has 0 aliphatic heterocycles. The van der Waals surface area contributed by atoms with Crippen LogP contribution in [0.4, 0.5) is 18.9 Å². The van der Waals surface area contributed by atoms with Crippen LogP contribution in [-0.4, -0.2) is 17.0 Å². The molecule has 0 fully saturated rings. The van der Waals surface area contributed by atoms with Crippen LogP contribution in [0, 0.1) is 11.3 Å². The van der Waals surface area contributed by atoms with Crippen molar-refractivity contribution in [3.05, 3.63) is 70.8 Å². The van der Waals surface area contributed by atoms with Gasteiger partial charge in [0, 0.05) is 5.69 Å². The van der Waals surface area contributed by atoms with E-state index in [1.165, 1.54) is 30.3 Å². The zero-order chi connectivity index (χ0) is 19.3. The van der Waals surface area contributed by atoms with Crippen molar-refractivity contribution < 1.29 is 27.9 Å². The molecule has 0 radical (unpaired) electrons. The first-order valence-electron chi connectivity index (χ1n) is 7.14. The zero-order valence-electron chi connectivity index (χ0n) is 13.0. The van der Waals surface area contributed by atoms with E-state index < -0.39 is 29.2 Å². The molecular weight excluding hydrogens is 349 g/mol. The second-order valence-electron chi connectivity index (χ2n) is 5.13. The first-order chi connectivity index (χ1) is 12.2. The van der Waals surface area contributed by atoms with Crippen molar-refractivity contribution in [2.75, 3.05) is 5.32 Å². The summed E-state index contributed by atoms with van der Waals surface area (Å²) in [7, 11) is 0. The summed E-state index contributed by atoms with van der Waals surface area (Å²) in [6, 6.07) is 11.1. The summed E-state index contributed by atoms with van der Waals surface area (Å²) < 4.78 is 38.2. The number of amides is 1. The second kappa shape index (κ2) is 7.53. The van der Waals surface area contributed by atoms with Crippen molar-refractivity contribution >= 4 is 23.6 Å². The van der Waals surface area contributed by atoms with Crippen LogP contribution in [0.5, 0.6) is 0 Å². The number of alkyl halides is 3. The van der Waals surface area contributed by atoms with E-state index in [2.05, 4.69) is 5.32 Å². The first-order valence-corrected chi connectivity index (χ1v) is 7.14. The number of hydrogen-bond acceptors (Lipinski definition) is 3. The van der Waals surface area contributed by atoms with E-state index in [4.69, 9.17) is 10.4 Å². The number of nitriles is 1. The van der Waals surface area contributed by atoms with Crippen LogP contribution in [0.2, 0.25) is 0 Å². The maximum Gasteiger partial charge on any atom is 0.416 e. The SMILES string of the molecule is N#CC(=Cc1cccc(C(F)(F)F)c1)C(=O)Nc1cccc(C(=O)O)c1. The summed E-state index contributed by atoms with van der Waals surface area (Å²) in [6.07, 6.45) is -3.53. The van der Waals surface area contributed by atoms with Crippen molar-refractivity contribution in [3.63, 3.8) is 0 Å². The Kier molecular flexibility index (Phi) is 5.42. The summed E-state index contributed by atoms with van der Waals surface area (Å²) >= 11 is 0. The Balaban J connectivity index is 2.27. The minimum Gasteiger partial charge on any atom is -0.478 e. The van der Waals surface area contributed by atoms with Gasteiger partial charge in [-0.25, -0.2) is 4.79 Å². The van der Waals surface area contributed by atoms with Gasteiger partial charge in [-0.1, -0.05) is 18.2 Å². The van der Waals surface area contributed by atoms with Crippen LogP contribution in [0.3, 0.4) is 0 Å². The lowest BCUT2D eigenvalue weighted by Gasteiger charge is -2.08. The standard InChI is InChI=1S/C18H11F3N2O3/c19-18(20,21)14-5-1-3-11(8-14)7-13(10-22)16(24)23-15-6-2-4-12(9-15)17(25)26/h1-9H,(H,23,24)(H,25,26). The van der Waals surface area contributed by atoms with Crippen LogP contribution >= 0.6 is 0 Å². The van der Waals surface area contributed by atoms with Crippen molar-refractivity contribution in [3.8, 4) is 6.07 Å². The molecule has 0 saturated carbocycles. The van der Waals surface area contributed by atoms with Crippen molar-refractivity contribution in [2.24, 2.45) is 0 Å². The molecule has 0 spiro atoms. The highest BCUT2D eigenvalue weighted by Crippen LogP contribution is 2.30. The molecule has 5 nitrogen and oxygen atoms in total. The zero-order valence-corrected chi connectivity index (χ0v) is 13.0. The number of halogens is 3. The molecule has 2 rings (SSSR count). The van der Waals surface area contributed by atoms with E-state index in [0.717, 1.165) is 24.3 Å². The largest absolute Gasteiger partial charge is 0.478 e. The molecule has 0 aliphatic rings. The Morgan fingerprint density at radius 2 is 1.81 bits per heavy atom. The molecule has 0 saturated heterocycles. The Morgan fingerprint density at radius 3 is 2.42 bits per heavy atom. The van der Waals surface area contributed by atoms with Gasteiger partial charge in [0.2, 0.25) is 0 Å². The van der Waals surface area contributed by atoms with Crippen molar-refractivity contribution in [1.29, 1.82) is 5.26 Å². The number of rotatable bonds is 4. The molecule has 1 amide bonds. The fourth-order valence-electron chi connectivity index (χ4n) is 2.05. The van der Waals surface area contributed by atoms with E-state index in [0.29, 0.717) is 0 Å². The second-order valence-corrected chi connectivity index (χ2v) is 5.13. The summed E-state index contributed by atoms with van der Waals surface area (Å²) in [5.41, 5.74) is -1.22. The maximum atomic E-state index is 12.7. The van der Waals surface area contributed by atoms with Gasteiger partial charge in [0.15, 0.2) is 0 Å². The average molecular weight is 360 g/mol. The molecule has 0 aliphatic carbocycles. The number of anilines is 1. The molecule has 26 heavy (non-hydrogen) atoms. The van der Waals surface area contributed by atoms with E-state index >= 15 is 0 Å². The molecule has 2 N–H and O–H groups in total. The van der Waals surface area contributed by atoms with Crippen molar-refractivity contribution in [2.45, 2.75) is 6.18 Å². The maximum absolute atomic E-state index is 12.7. The third kappa shape index (κ3) is 4.70. The molecule has 0 atom stereocenters. The van der Waals surface area contributed by atoms with Gasteiger partial charge in [-0.2, -0.15) is 18.4 Å². The molecule has 0 heterocycles. The highest BCUT2D eigenvalue weighted by molar-refractivity contribution is 6.10. The smallest absolute Gasteiger partial charge is 0.416 e. The highest BCUT2D eigenvalue weighted by Gasteiger charge is 2.30. The van der Waals surface area contributed by atoms with Gasteiger partial charge >= 0.3 is 12.1 Å². The molecule has 8 heteroatoms. The fourth-order valence-corrected chi connectivity index (χ4v) is 2.05. The Hall–Kier alpha value is -3.60. The number of benzene rings is 2. The normalized spacial score (nSPS) is 11.5. The summed E-state index contributed by atoms with van der Waals surface area (Å²) in [6.45, 7) is 0. The predicted octanol–water partition coefficient (Wildman–Crippen LogP) is 3.95. The van der Waals surface area contributed by atoms with Crippen LogP contribution in [0.1, 0.15) is 21.5 Å². The number of carboxylic acid groups (broad SMARTS) is 1. The van der Waals surface area contributed by atoms with Gasteiger partial charge < -0.3 is 10.4 Å². The average Bonchev–Trinajstić information content (AvgIpc) is 2.59. The van der Waals surface area contributed by atoms with Crippen molar-refractivity contribution in [1.82, 2.24) is 0 Å². The van der Waals surface area contributed by atoms with E-state index in [9.17, 15) is 22.8 Å². The number of aromatic carboxylic acids is 1. The molecule has 132 valence electrons. The summed E-state index contributed by atoms with van der Waals surface area (Å²) in [5.74, 6) is -2.06. The van der Waals surface area contributed by atoms with Gasteiger partial charge in [-0.05, 0) is 42.0 Å². The molecule has 0 bridgehead atoms. The molecule has 2 aromatic rings. The lowest BCUT2D eigenvalue weighted by molar-refractivity contribution is -0.137. The number of carboxylic acids is 1. The topological polar surface area (TPSA) is 90.2 Å². The summed E-state index contributed by atoms with van der Waals surface area (Å²) in [4.78, 5) is 23.1. The fraction of sp³-hybridized carbons (Fsp3) is 0.0556. The Bertz CT molecular complexity index is 928. The molecule has 0 aromatic heterocycles. The van der Waals surface area contributed by atoms with Gasteiger partial charge in [-0.3, -0.25) is 4.79 Å². The van der Waals surface area contributed by atoms with Gasteiger partial charge in [0.05, 0.1) is 11.1 Å². The summed E-state index contributed by atoms with van der Waals surface area (Å²) in [5, 5.41) is 20.4. The predicted molar refractivity (Wildman–Crippen MR) is 87.1 cm³/mol. The monoisotopic (exact) mass is 360 g/mol. The third-order valence-electron chi connectivity index (χ3n) is 3.26. The van der Waals surface area contributed by atoms with E-state index in [1.807, 2.05) is 0 Å². The molecule has 0 unspecified atom stereocenters. The molecule has 2 aromatic carbocycles. The lowest BCUT2D eigenvalue weighted by atomic mass is 10.1. The number of carbonyl (C=O) groups is 2. The Labute approximate surface area is 146 Å². The van der Waals surface area contributed by atoms with Crippen LogP contribution < -0.4 is 5.32 Å². The quantitative estimate of drug-likeness (QED) is 0.638. The first kappa shape index (κ1) is 18.7. The van der Waals surface area contributed by atoms with Crippen LogP contribution in [0.15, 0.2) is 54.1 Å². The number of nitrogens with zero attached hydrogens (tertiary/aromatic N) is 1. The van der Waals surface area contributed by atoms with Gasteiger partial charge in [0.25, 0.3) is 5.91 Å². The van der Waals surface area contributed by atoms with Crippen LogP contribution in [0.25, 0.3) is 6.08 Å². The van der Waals surface area contributed by atoms with E-state index in [1.54, 1.807) is 6.07 Å². The molecular formula is C18H11F3N2O3. The lowest BCUT2D eigenvalue weighted by Crippen LogP contribution is -2.14. The van der Waals surface area contributed by atoms with Crippen LogP contribution in [-0.2, 0) is 11.0 Å². The van der Waals surface area contributed by atoms with E-state index in [-0.39, 0.29) is 16.8 Å². The Morgan fingerprint density at radius 1 is 1.12 bits per heavy atom. The minimum absolute atomic E-state index is 0.0332. The van der Waals surface area contributed by atoms with Gasteiger partial charge in [-0.15, -0.1) is 0 Å². The number of nitrogens with one attached hydrogen (secondary N) is 1. The number of hydrogen-bond donors (Lipinski definition) is 2. The third-order valence-corrected chi connectivity index (χ3v) is 3.26. The van der Waals surface area contributed by atoms with Gasteiger partial charge in [0.1, 0.15) is 11.6 Å². The highest BCUT2D eigenvalue weighted by atomic mass is 19.4. The number of carbonyl (C=O) groups excluding carboxylic acids is 1.